The summed E-state index contributed by atoms with van der Waals surface area (Å²) in [5.41, 5.74) is 8.03. The van der Waals surface area contributed by atoms with Crippen LogP contribution in [-0.2, 0) is 0 Å². The van der Waals surface area contributed by atoms with E-state index < -0.39 is 0 Å². The number of hydrogen-bond donors (Lipinski definition) is 1. The Morgan fingerprint density at radius 1 is 1.47 bits per heavy atom. The lowest BCUT2D eigenvalue weighted by Crippen LogP contribution is -2.11. The number of rotatable bonds is 2. The van der Waals surface area contributed by atoms with Crippen molar-refractivity contribution >= 4 is 5.69 Å². The highest BCUT2D eigenvalue weighted by molar-refractivity contribution is 5.62. The van der Waals surface area contributed by atoms with Gasteiger partial charge < -0.3 is 10.5 Å². The minimum absolute atomic E-state index is 0.497. The van der Waals surface area contributed by atoms with Crippen molar-refractivity contribution in [3.63, 3.8) is 0 Å². The van der Waals surface area contributed by atoms with Gasteiger partial charge in [0.1, 0.15) is 11.8 Å². The highest BCUT2D eigenvalue weighted by atomic mass is 16.5. The van der Waals surface area contributed by atoms with Crippen LogP contribution in [0.1, 0.15) is 36.3 Å². The molecular weight excluding hydrogens is 188 g/mol. The average molecular weight is 202 g/mol. The largest absolute Gasteiger partial charge is 0.497 e. The van der Waals surface area contributed by atoms with Crippen LogP contribution in [0.4, 0.5) is 5.69 Å². The maximum atomic E-state index is 9.06. The van der Waals surface area contributed by atoms with E-state index in [1.165, 1.54) is 6.42 Å². The molecular formula is C12H14N2O. The number of hydrogen-bond acceptors (Lipinski definition) is 3. The summed E-state index contributed by atoms with van der Waals surface area (Å²) >= 11 is 0. The quantitative estimate of drug-likeness (QED) is 0.749. The summed E-state index contributed by atoms with van der Waals surface area (Å²) in [7, 11) is 1.62. The molecule has 2 N–H and O–H groups in total. The summed E-state index contributed by atoms with van der Waals surface area (Å²) in [5.74, 6) is 1.24. The molecule has 1 aliphatic carbocycles. The Bertz CT molecular complexity index is 416. The molecule has 3 nitrogen and oxygen atoms in total. The molecule has 2 rings (SSSR count). The van der Waals surface area contributed by atoms with E-state index in [4.69, 9.17) is 15.7 Å². The first kappa shape index (κ1) is 9.85. The zero-order valence-electron chi connectivity index (χ0n) is 8.79. The van der Waals surface area contributed by atoms with Gasteiger partial charge in [-0.05, 0) is 30.4 Å². The number of methoxy groups -OCH3 is 1. The van der Waals surface area contributed by atoms with Crippen molar-refractivity contribution in [2.75, 3.05) is 12.8 Å². The van der Waals surface area contributed by atoms with E-state index in [-0.39, 0.29) is 0 Å². The van der Waals surface area contributed by atoms with Gasteiger partial charge in [-0.3, -0.25) is 0 Å². The van der Waals surface area contributed by atoms with E-state index in [1.807, 2.05) is 6.07 Å². The predicted molar refractivity (Wildman–Crippen MR) is 58.7 cm³/mol. The molecule has 0 heterocycles. The Balaban J connectivity index is 2.48. The van der Waals surface area contributed by atoms with Crippen molar-refractivity contribution in [3.05, 3.63) is 23.3 Å². The van der Waals surface area contributed by atoms with Crippen molar-refractivity contribution < 1.29 is 4.74 Å². The normalized spacial score (nSPS) is 15.5. The highest BCUT2D eigenvalue weighted by Crippen LogP contribution is 2.40. The lowest BCUT2D eigenvalue weighted by molar-refractivity contribution is 0.402. The molecule has 0 aromatic heterocycles. The molecule has 1 fully saturated rings. The first-order chi connectivity index (χ1) is 7.26. The molecule has 3 heteroatoms. The number of nitriles is 1. The average Bonchev–Trinajstić information content (AvgIpc) is 2.14. The third-order valence-corrected chi connectivity index (χ3v) is 3.07. The van der Waals surface area contributed by atoms with Gasteiger partial charge in [0.25, 0.3) is 0 Å². The SMILES string of the molecule is COc1cc(N)c(C#N)c(C2CCC2)c1. The van der Waals surface area contributed by atoms with E-state index in [2.05, 4.69) is 6.07 Å². The molecule has 0 unspecified atom stereocenters. The van der Waals surface area contributed by atoms with Gasteiger partial charge in [-0.25, -0.2) is 0 Å². The minimum Gasteiger partial charge on any atom is -0.497 e. The number of nitrogens with zero attached hydrogens (tertiary/aromatic N) is 1. The van der Waals surface area contributed by atoms with Gasteiger partial charge >= 0.3 is 0 Å². The Hall–Kier alpha value is -1.69. The summed E-state index contributed by atoms with van der Waals surface area (Å²) < 4.78 is 5.16. The summed E-state index contributed by atoms with van der Waals surface area (Å²) in [6.07, 6.45) is 3.55. The number of benzene rings is 1. The smallest absolute Gasteiger partial charge is 0.121 e. The van der Waals surface area contributed by atoms with Crippen molar-refractivity contribution in [3.8, 4) is 11.8 Å². The van der Waals surface area contributed by atoms with Crippen LogP contribution in [0, 0.1) is 11.3 Å². The molecule has 1 aliphatic rings. The van der Waals surface area contributed by atoms with Gasteiger partial charge in [0.05, 0.1) is 18.4 Å². The van der Waals surface area contributed by atoms with E-state index in [9.17, 15) is 0 Å². The molecule has 0 saturated heterocycles. The van der Waals surface area contributed by atoms with Gasteiger partial charge in [-0.15, -0.1) is 0 Å². The molecule has 0 bridgehead atoms. The summed E-state index contributed by atoms with van der Waals surface area (Å²) in [4.78, 5) is 0. The monoisotopic (exact) mass is 202 g/mol. The van der Waals surface area contributed by atoms with Gasteiger partial charge in [0.2, 0.25) is 0 Å². The summed E-state index contributed by atoms with van der Waals surface area (Å²) in [6.45, 7) is 0. The van der Waals surface area contributed by atoms with Crippen LogP contribution in [0.25, 0.3) is 0 Å². The Kier molecular flexibility index (Phi) is 2.51. The molecule has 15 heavy (non-hydrogen) atoms. The van der Waals surface area contributed by atoms with Gasteiger partial charge in [-0.1, -0.05) is 6.42 Å². The molecule has 0 atom stereocenters. The van der Waals surface area contributed by atoms with E-state index >= 15 is 0 Å². The van der Waals surface area contributed by atoms with Crippen LogP contribution in [0.3, 0.4) is 0 Å². The van der Waals surface area contributed by atoms with Crippen LogP contribution in [0.5, 0.6) is 5.75 Å². The van der Waals surface area contributed by atoms with Gasteiger partial charge in [0.15, 0.2) is 0 Å². The Morgan fingerprint density at radius 2 is 2.20 bits per heavy atom. The van der Waals surface area contributed by atoms with E-state index in [1.54, 1.807) is 13.2 Å². The number of anilines is 1. The number of ether oxygens (including phenoxy) is 1. The van der Waals surface area contributed by atoms with E-state index in [0.717, 1.165) is 24.2 Å². The topological polar surface area (TPSA) is 59.0 Å². The summed E-state index contributed by atoms with van der Waals surface area (Å²) in [6, 6.07) is 5.84. The molecule has 78 valence electrons. The fraction of sp³-hybridized carbons (Fsp3) is 0.417. The summed E-state index contributed by atoms with van der Waals surface area (Å²) in [5, 5.41) is 9.06. The van der Waals surface area contributed by atoms with Crippen molar-refractivity contribution in [1.29, 1.82) is 5.26 Å². The van der Waals surface area contributed by atoms with Crippen LogP contribution in [0.15, 0.2) is 12.1 Å². The maximum Gasteiger partial charge on any atom is 0.121 e. The van der Waals surface area contributed by atoms with Gasteiger partial charge in [0, 0.05) is 6.07 Å². The Morgan fingerprint density at radius 3 is 2.67 bits per heavy atom. The van der Waals surface area contributed by atoms with Crippen molar-refractivity contribution in [2.24, 2.45) is 0 Å². The lowest BCUT2D eigenvalue weighted by atomic mass is 9.78. The molecule has 0 spiro atoms. The fourth-order valence-electron chi connectivity index (χ4n) is 1.95. The van der Waals surface area contributed by atoms with Crippen LogP contribution >= 0.6 is 0 Å². The first-order valence-corrected chi connectivity index (χ1v) is 5.13. The van der Waals surface area contributed by atoms with Crippen molar-refractivity contribution in [2.45, 2.75) is 25.2 Å². The Labute approximate surface area is 89.5 Å². The predicted octanol–water partition coefficient (Wildman–Crippen LogP) is 2.42. The van der Waals surface area contributed by atoms with Crippen LogP contribution in [0.2, 0.25) is 0 Å². The van der Waals surface area contributed by atoms with Crippen molar-refractivity contribution in [1.82, 2.24) is 0 Å². The van der Waals surface area contributed by atoms with Crippen LogP contribution < -0.4 is 10.5 Å². The second-order valence-corrected chi connectivity index (χ2v) is 3.92. The molecule has 1 aromatic rings. The molecule has 1 aromatic carbocycles. The van der Waals surface area contributed by atoms with Crippen LogP contribution in [-0.4, -0.2) is 7.11 Å². The number of nitrogen functional groups attached to an aromatic ring is 1. The second kappa shape index (κ2) is 3.82. The third kappa shape index (κ3) is 1.63. The highest BCUT2D eigenvalue weighted by Gasteiger charge is 2.24. The maximum absolute atomic E-state index is 9.06. The van der Waals surface area contributed by atoms with Gasteiger partial charge in [-0.2, -0.15) is 5.26 Å². The molecule has 0 aliphatic heterocycles. The number of nitrogens with two attached hydrogens (primary N) is 1. The minimum atomic E-state index is 0.497. The molecule has 0 radical (unpaired) electrons. The second-order valence-electron chi connectivity index (χ2n) is 3.92. The van der Waals surface area contributed by atoms with E-state index in [0.29, 0.717) is 17.2 Å². The standard InChI is InChI=1S/C12H14N2O/c1-15-9-5-10(8-3-2-4-8)11(7-13)12(14)6-9/h5-6,8H,2-4,14H2,1H3. The zero-order valence-corrected chi connectivity index (χ0v) is 8.79. The fourth-order valence-corrected chi connectivity index (χ4v) is 1.95. The molecule has 0 amide bonds. The lowest BCUT2D eigenvalue weighted by Gasteiger charge is -2.27. The zero-order chi connectivity index (χ0) is 10.8. The third-order valence-electron chi connectivity index (χ3n) is 3.07. The molecule has 1 saturated carbocycles. The first-order valence-electron chi connectivity index (χ1n) is 5.13.